The van der Waals surface area contributed by atoms with Gasteiger partial charge in [0.2, 0.25) is 0 Å². The van der Waals surface area contributed by atoms with Gasteiger partial charge in [-0.15, -0.1) is 0 Å². The molecule has 0 radical (unpaired) electrons. The first-order valence-corrected chi connectivity index (χ1v) is 5.99. The molecule has 1 rings (SSSR count). The first-order chi connectivity index (χ1) is 8.10. The van der Waals surface area contributed by atoms with E-state index in [2.05, 4.69) is 13.0 Å². The Morgan fingerprint density at radius 3 is 2.76 bits per heavy atom. The van der Waals surface area contributed by atoms with Gasteiger partial charge in [-0.3, -0.25) is 4.90 Å². The van der Waals surface area contributed by atoms with Gasteiger partial charge in [-0.25, -0.2) is 0 Å². The number of rotatable bonds is 5. The summed E-state index contributed by atoms with van der Waals surface area (Å²) in [5.74, 6) is 0.200. The summed E-state index contributed by atoms with van der Waals surface area (Å²) in [6, 6.07) is 7.27. The molecule has 3 heteroatoms. The predicted molar refractivity (Wildman–Crippen MR) is 68.7 cm³/mol. The van der Waals surface area contributed by atoms with Crippen LogP contribution >= 0.6 is 0 Å². The molecule has 0 aliphatic rings. The van der Waals surface area contributed by atoms with Crippen molar-refractivity contribution in [1.82, 2.24) is 4.90 Å². The molecule has 92 valence electrons. The Kier molecular flexibility index (Phi) is 4.99. The first-order valence-electron chi connectivity index (χ1n) is 5.99. The predicted octanol–water partition coefficient (Wildman–Crippen LogP) is 3.00. The van der Waals surface area contributed by atoms with Crippen molar-refractivity contribution in [2.45, 2.75) is 32.7 Å². The van der Waals surface area contributed by atoms with Crippen LogP contribution in [0.1, 0.15) is 36.9 Å². The van der Waals surface area contributed by atoms with Crippen molar-refractivity contribution < 1.29 is 5.11 Å². The smallest absolute Gasteiger partial charge is 0.127 e. The quantitative estimate of drug-likeness (QED) is 0.849. The number of hydrogen-bond donors (Lipinski definition) is 1. The van der Waals surface area contributed by atoms with E-state index in [-0.39, 0.29) is 11.8 Å². The SMILES string of the molecule is CCCCN(C)C(C#N)c1cc(C)ccc1O. The summed E-state index contributed by atoms with van der Waals surface area (Å²) in [5.41, 5.74) is 1.76. The van der Waals surface area contributed by atoms with Crippen molar-refractivity contribution >= 4 is 0 Å². The lowest BCUT2D eigenvalue weighted by molar-refractivity contribution is 0.281. The summed E-state index contributed by atoms with van der Waals surface area (Å²) in [6.45, 7) is 4.95. The monoisotopic (exact) mass is 232 g/mol. The van der Waals surface area contributed by atoms with Crippen LogP contribution < -0.4 is 0 Å². The molecule has 1 aromatic rings. The molecule has 0 spiro atoms. The second kappa shape index (κ2) is 6.27. The van der Waals surface area contributed by atoms with Gasteiger partial charge < -0.3 is 5.11 Å². The third-order valence-electron chi connectivity index (χ3n) is 2.91. The zero-order valence-corrected chi connectivity index (χ0v) is 10.8. The van der Waals surface area contributed by atoms with Crippen LogP contribution in [0.25, 0.3) is 0 Å². The number of unbranched alkanes of at least 4 members (excludes halogenated alkanes) is 1. The molecule has 0 saturated carbocycles. The van der Waals surface area contributed by atoms with Crippen molar-refractivity contribution in [3.8, 4) is 11.8 Å². The largest absolute Gasteiger partial charge is 0.508 e. The highest BCUT2D eigenvalue weighted by Crippen LogP contribution is 2.28. The van der Waals surface area contributed by atoms with E-state index in [1.807, 2.05) is 31.0 Å². The van der Waals surface area contributed by atoms with Crippen molar-refractivity contribution in [2.24, 2.45) is 0 Å². The van der Waals surface area contributed by atoms with E-state index < -0.39 is 0 Å². The summed E-state index contributed by atoms with van der Waals surface area (Å²) < 4.78 is 0. The van der Waals surface area contributed by atoms with Crippen molar-refractivity contribution in [3.63, 3.8) is 0 Å². The minimum absolute atomic E-state index is 0.200. The van der Waals surface area contributed by atoms with Gasteiger partial charge in [0.1, 0.15) is 11.8 Å². The molecule has 0 fully saturated rings. The van der Waals surface area contributed by atoms with E-state index in [1.165, 1.54) is 0 Å². The summed E-state index contributed by atoms with van der Waals surface area (Å²) >= 11 is 0. The van der Waals surface area contributed by atoms with Gasteiger partial charge in [0, 0.05) is 5.56 Å². The molecule has 17 heavy (non-hydrogen) atoms. The molecule has 0 heterocycles. The van der Waals surface area contributed by atoms with Crippen LogP contribution in [0.15, 0.2) is 18.2 Å². The van der Waals surface area contributed by atoms with E-state index in [0.717, 1.165) is 24.9 Å². The Morgan fingerprint density at radius 1 is 1.47 bits per heavy atom. The average molecular weight is 232 g/mol. The fourth-order valence-corrected chi connectivity index (χ4v) is 1.84. The van der Waals surface area contributed by atoms with Crippen molar-refractivity contribution in [2.75, 3.05) is 13.6 Å². The summed E-state index contributed by atoms with van der Waals surface area (Å²) in [4.78, 5) is 1.98. The molecule has 0 aliphatic heterocycles. The van der Waals surface area contributed by atoms with Crippen LogP contribution in [0.3, 0.4) is 0 Å². The summed E-state index contributed by atoms with van der Waals surface area (Å²) in [5, 5.41) is 19.1. The average Bonchev–Trinajstić information content (AvgIpc) is 2.32. The lowest BCUT2D eigenvalue weighted by Crippen LogP contribution is -2.24. The van der Waals surface area contributed by atoms with Gasteiger partial charge in [0.05, 0.1) is 6.07 Å². The van der Waals surface area contributed by atoms with Crippen LogP contribution in [-0.4, -0.2) is 23.6 Å². The molecule has 0 saturated heterocycles. The molecular formula is C14H20N2O. The zero-order valence-electron chi connectivity index (χ0n) is 10.8. The number of aryl methyl sites for hydroxylation is 1. The molecule has 0 amide bonds. The number of phenolic OH excluding ortho intramolecular Hbond substituents is 1. The van der Waals surface area contributed by atoms with Gasteiger partial charge in [-0.05, 0) is 39.1 Å². The van der Waals surface area contributed by atoms with Crippen LogP contribution in [0.2, 0.25) is 0 Å². The van der Waals surface area contributed by atoms with Gasteiger partial charge in [0.15, 0.2) is 0 Å². The topological polar surface area (TPSA) is 47.3 Å². The maximum Gasteiger partial charge on any atom is 0.127 e. The highest BCUT2D eigenvalue weighted by molar-refractivity contribution is 5.40. The van der Waals surface area contributed by atoms with Crippen molar-refractivity contribution in [3.05, 3.63) is 29.3 Å². The van der Waals surface area contributed by atoms with Gasteiger partial charge in [0.25, 0.3) is 0 Å². The Balaban J connectivity index is 2.93. The highest BCUT2D eigenvalue weighted by Gasteiger charge is 2.19. The number of hydrogen-bond acceptors (Lipinski definition) is 3. The fraction of sp³-hybridized carbons (Fsp3) is 0.500. The maximum absolute atomic E-state index is 9.83. The lowest BCUT2D eigenvalue weighted by atomic mass is 10.0. The van der Waals surface area contributed by atoms with Crippen LogP contribution in [0.4, 0.5) is 0 Å². The van der Waals surface area contributed by atoms with Crippen LogP contribution in [0.5, 0.6) is 5.75 Å². The second-order valence-corrected chi connectivity index (χ2v) is 4.43. The fourth-order valence-electron chi connectivity index (χ4n) is 1.84. The number of aromatic hydroxyl groups is 1. The number of nitriles is 1. The van der Waals surface area contributed by atoms with Crippen LogP contribution in [-0.2, 0) is 0 Å². The van der Waals surface area contributed by atoms with E-state index in [9.17, 15) is 10.4 Å². The third kappa shape index (κ3) is 3.47. The van der Waals surface area contributed by atoms with E-state index in [4.69, 9.17) is 0 Å². The maximum atomic E-state index is 9.83. The number of benzene rings is 1. The molecular weight excluding hydrogens is 212 g/mol. The van der Waals surface area contributed by atoms with E-state index in [1.54, 1.807) is 6.07 Å². The van der Waals surface area contributed by atoms with E-state index >= 15 is 0 Å². The Morgan fingerprint density at radius 2 is 2.18 bits per heavy atom. The molecule has 1 aromatic carbocycles. The first kappa shape index (κ1) is 13.5. The lowest BCUT2D eigenvalue weighted by Gasteiger charge is -2.23. The van der Waals surface area contributed by atoms with Crippen LogP contribution in [0, 0.1) is 18.3 Å². The summed E-state index contributed by atoms with van der Waals surface area (Å²) in [6.07, 6.45) is 2.16. The van der Waals surface area contributed by atoms with Crippen molar-refractivity contribution in [1.29, 1.82) is 5.26 Å². The normalized spacial score (nSPS) is 12.4. The van der Waals surface area contributed by atoms with Gasteiger partial charge in [-0.2, -0.15) is 5.26 Å². The zero-order chi connectivity index (χ0) is 12.8. The standard InChI is InChI=1S/C14H20N2O/c1-4-5-8-16(3)13(10-15)12-9-11(2)6-7-14(12)17/h6-7,9,13,17H,4-5,8H2,1-3H3. The molecule has 0 aliphatic carbocycles. The molecule has 1 unspecified atom stereocenters. The van der Waals surface area contributed by atoms with Gasteiger partial charge in [-0.1, -0.05) is 25.0 Å². The second-order valence-electron chi connectivity index (χ2n) is 4.43. The third-order valence-corrected chi connectivity index (χ3v) is 2.91. The minimum atomic E-state index is -0.374. The highest BCUT2D eigenvalue weighted by atomic mass is 16.3. The Labute approximate surface area is 103 Å². The van der Waals surface area contributed by atoms with E-state index in [0.29, 0.717) is 5.56 Å². The molecule has 3 nitrogen and oxygen atoms in total. The molecule has 0 bridgehead atoms. The number of nitrogens with zero attached hydrogens (tertiary/aromatic N) is 2. The Bertz CT molecular complexity index is 409. The molecule has 1 atom stereocenters. The minimum Gasteiger partial charge on any atom is -0.508 e. The number of phenols is 1. The molecule has 1 N–H and O–H groups in total. The van der Waals surface area contributed by atoms with Gasteiger partial charge >= 0.3 is 0 Å². The summed E-state index contributed by atoms with van der Waals surface area (Å²) in [7, 11) is 1.92. The Hall–Kier alpha value is -1.53. The molecule has 0 aromatic heterocycles.